The fourth-order valence-electron chi connectivity index (χ4n) is 3.58. The number of carbonyl (C=O) groups excluding carboxylic acids is 1. The molecular weight excluding hydrogens is 453 g/mol. The minimum absolute atomic E-state index is 0.167. The average Bonchev–Trinajstić information content (AvgIpc) is 2.77. The van der Waals surface area contributed by atoms with Gasteiger partial charge in [-0.1, -0.05) is 0 Å². The molecular formula is C21H21N3O5Se. The van der Waals surface area contributed by atoms with Gasteiger partial charge in [0.25, 0.3) is 0 Å². The Labute approximate surface area is 180 Å². The fourth-order valence-corrected chi connectivity index (χ4v) is 5.95. The number of carbonyl (C=O) groups is 1. The summed E-state index contributed by atoms with van der Waals surface area (Å²) in [6, 6.07) is 18.7. The molecule has 2 aliphatic heterocycles. The van der Waals surface area contributed by atoms with E-state index >= 15 is 0 Å². The molecule has 2 aromatic carbocycles. The van der Waals surface area contributed by atoms with Crippen molar-refractivity contribution in [1.82, 2.24) is 0 Å². The van der Waals surface area contributed by atoms with E-state index in [1.54, 1.807) is 0 Å². The van der Waals surface area contributed by atoms with Crippen molar-refractivity contribution in [1.29, 1.82) is 0 Å². The second-order valence-corrected chi connectivity index (χ2v) is 9.38. The molecule has 0 bridgehead atoms. The van der Waals surface area contributed by atoms with Crippen molar-refractivity contribution in [2.24, 2.45) is 5.11 Å². The number of nitrogens with zero attached hydrogens (tertiary/aromatic N) is 3. The molecule has 0 amide bonds. The standard InChI is InChI=1S/C21H21N3O5Se/c1-13(25)27-19-17(23-24-22)21(30-15-10-6-3-7-11-15)28-16-12-26-20(29-18(16)19)14-8-4-2-5-9-14/h2-11,16-21H,12H2,1H3/t16-,17+,18-,19-,20?,21-/m1/s1. The van der Waals surface area contributed by atoms with E-state index in [2.05, 4.69) is 10.0 Å². The van der Waals surface area contributed by atoms with Gasteiger partial charge in [-0.25, -0.2) is 0 Å². The Kier molecular flexibility index (Phi) is 6.69. The van der Waals surface area contributed by atoms with E-state index in [0.29, 0.717) is 0 Å². The number of rotatable bonds is 5. The number of ether oxygens (including phenoxy) is 4. The molecule has 2 saturated heterocycles. The third-order valence-electron chi connectivity index (χ3n) is 4.86. The summed E-state index contributed by atoms with van der Waals surface area (Å²) in [6.07, 6.45) is -2.42. The molecule has 2 heterocycles. The summed E-state index contributed by atoms with van der Waals surface area (Å²) in [6.45, 7) is 1.62. The predicted octanol–water partition coefficient (Wildman–Crippen LogP) is 2.47. The van der Waals surface area contributed by atoms with Crippen LogP contribution in [0.15, 0.2) is 65.8 Å². The van der Waals surface area contributed by atoms with Crippen LogP contribution >= 0.6 is 0 Å². The van der Waals surface area contributed by atoms with Gasteiger partial charge in [-0.2, -0.15) is 0 Å². The summed E-state index contributed by atoms with van der Waals surface area (Å²) in [7, 11) is 0. The molecule has 8 nitrogen and oxygen atoms in total. The first-order valence-corrected chi connectivity index (χ1v) is 11.4. The molecule has 2 aliphatic rings. The molecule has 4 rings (SSSR count). The van der Waals surface area contributed by atoms with Crippen LogP contribution in [0.5, 0.6) is 0 Å². The maximum atomic E-state index is 11.9. The maximum absolute atomic E-state index is 11.9. The second kappa shape index (κ2) is 9.62. The van der Waals surface area contributed by atoms with Gasteiger partial charge in [-0.05, 0) is 0 Å². The number of azide groups is 1. The molecule has 2 aromatic rings. The van der Waals surface area contributed by atoms with Crippen molar-refractivity contribution in [3.63, 3.8) is 0 Å². The zero-order valence-electron chi connectivity index (χ0n) is 16.2. The van der Waals surface area contributed by atoms with Gasteiger partial charge in [-0.15, -0.1) is 0 Å². The molecule has 2 fully saturated rings. The van der Waals surface area contributed by atoms with Gasteiger partial charge in [0.15, 0.2) is 0 Å². The van der Waals surface area contributed by atoms with Crippen molar-refractivity contribution < 1.29 is 23.7 Å². The Hall–Kier alpha value is -2.38. The Bertz CT molecular complexity index is 909. The first kappa shape index (κ1) is 20.9. The van der Waals surface area contributed by atoms with Gasteiger partial charge in [0.2, 0.25) is 0 Å². The Morgan fingerprint density at radius 3 is 2.50 bits per heavy atom. The number of hydrogen-bond acceptors (Lipinski definition) is 6. The van der Waals surface area contributed by atoms with E-state index in [1.807, 2.05) is 60.7 Å². The first-order valence-electron chi connectivity index (χ1n) is 9.56. The van der Waals surface area contributed by atoms with Crippen molar-refractivity contribution in [2.45, 2.75) is 42.6 Å². The van der Waals surface area contributed by atoms with Crippen LogP contribution in [0.1, 0.15) is 18.8 Å². The molecule has 30 heavy (non-hydrogen) atoms. The Morgan fingerprint density at radius 2 is 1.83 bits per heavy atom. The van der Waals surface area contributed by atoms with E-state index in [-0.39, 0.29) is 21.6 Å². The zero-order chi connectivity index (χ0) is 20.9. The van der Waals surface area contributed by atoms with Gasteiger partial charge in [0.05, 0.1) is 0 Å². The van der Waals surface area contributed by atoms with Crippen LogP contribution in [0.25, 0.3) is 10.4 Å². The van der Waals surface area contributed by atoms with Crippen LogP contribution < -0.4 is 4.46 Å². The number of esters is 1. The fraction of sp³-hybridized carbons (Fsp3) is 0.381. The normalized spacial score (nSPS) is 30.6. The summed E-state index contributed by atoms with van der Waals surface area (Å²) in [5, 5.41) is 3.54. The van der Waals surface area contributed by atoms with E-state index in [9.17, 15) is 10.3 Å². The molecule has 0 spiro atoms. The molecule has 0 aromatic heterocycles. The van der Waals surface area contributed by atoms with Gasteiger partial charge < -0.3 is 0 Å². The number of fused-ring (bicyclic) bond motifs is 1. The van der Waals surface area contributed by atoms with Crippen LogP contribution in [0.2, 0.25) is 0 Å². The van der Waals surface area contributed by atoms with Crippen LogP contribution in [-0.4, -0.2) is 56.9 Å². The second-order valence-electron chi connectivity index (χ2n) is 6.92. The summed E-state index contributed by atoms with van der Waals surface area (Å²) >= 11 is -0.167. The zero-order valence-corrected chi connectivity index (χ0v) is 17.9. The third-order valence-corrected chi connectivity index (χ3v) is 7.31. The molecule has 0 aliphatic carbocycles. The van der Waals surface area contributed by atoms with Crippen molar-refractivity contribution in [3.05, 3.63) is 76.7 Å². The molecule has 0 N–H and O–H groups in total. The predicted molar refractivity (Wildman–Crippen MR) is 109 cm³/mol. The molecule has 0 radical (unpaired) electrons. The van der Waals surface area contributed by atoms with E-state index in [0.717, 1.165) is 10.0 Å². The molecule has 1 unspecified atom stereocenters. The van der Waals surface area contributed by atoms with Gasteiger partial charge in [0, 0.05) is 0 Å². The SMILES string of the molecule is CC(=O)O[C@@H]1[C@H](N=[N+]=[N-])[C@@H]([Se]c2ccccc2)O[C@@H]2COC(c3ccccc3)O[C@@H]12. The van der Waals surface area contributed by atoms with Crippen LogP contribution in [0.3, 0.4) is 0 Å². The summed E-state index contributed by atoms with van der Waals surface area (Å²) in [5.74, 6) is -0.462. The monoisotopic (exact) mass is 475 g/mol. The van der Waals surface area contributed by atoms with Crippen LogP contribution in [0.4, 0.5) is 0 Å². The van der Waals surface area contributed by atoms with Gasteiger partial charge in [-0.3, -0.25) is 0 Å². The minimum atomic E-state index is -0.761. The van der Waals surface area contributed by atoms with Gasteiger partial charge in [0.1, 0.15) is 0 Å². The topological polar surface area (TPSA) is 103 Å². The number of benzene rings is 2. The Morgan fingerprint density at radius 1 is 1.13 bits per heavy atom. The number of hydrogen-bond donors (Lipinski definition) is 0. The summed E-state index contributed by atoms with van der Waals surface area (Å²) in [4.78, 5) is 14.9. The van der Waals surface area contributed by atoms with Crippen LogP contribution in [0, 0.1) is 0 Å². The quantitative estimate of drug-likeness (QED) is 0.218. The van der Waals surface area contributed by atoms with E-state index in [4.69, 9.17) is 18.9 Å². The average molecular weight is 474 g/mol. The van der Waals surface area contributed by atoms with Crippen molar-refractivity contribution in [2.75, 3.05) is 6.61 Å². The third kappa shape index (κ3) is 4.68. The summed E-state index contributed by atoms with van der Waals surface area (Å²) in [5.41, 5.74) is 10.0. The molecule has 9 heteroatoms. The molecule has 156 valence electrons. The van der Waals surface area contributed by atoms with Gasteiger partial charge >= 0.3 is 180 Å². The van der Waals surface area contributed by atoms with Crippen molar-refractivity contribution >= 4 is 25.4 Å². The Balaban J connectivity index is 1.61. The summed E-state index contributed by atoms with van der Waals surface area (Å²) < 4.78 is 25.1. The van der Waals surface area contributed by atoms with Crippen molar-refractivity contribution in [3.8, 4) is 0 Å². The first-order chi connectivity index (χ1) is 14.7. The van der Waals surface area contributed by atoms with Crippen LogP contribution in [-0.2, 0) is 23.7 Å². The molecule has 6 atom stereocenters. The van der Waals surface area contributed by atoms with E-state index in [1.165, 1.54) is 6.92 Å². The molecule has 0 saturated carbocycles. The van der Waals surface area contributed by atoms with E-state index < -0.39 is 41.6 Å².